The van der Waals surface area contributed by atoms with E-state index in [4.69, 9.17) is 18.9 Å². The standard InChI is InChI=1S/C80H76N6O12S4/c1-51(2)65(89)97-75(49-95-53(5)87)69(91)85-67-73(61-43-27-29-45-63(61)81-67,47-77(85,71(93)83(75)7)99-101-79(55-31-15-9-16-32-55,56-33-17-10-18-34-56)57-35-19-11-20-36-57)74-48-78(100-102-80(58-37-21-12-22-38-58,59-39-23-13-24-40-59)60-41-25-14-26-42-60)72(94)84(8)76(50-96-54(6)88,98-66(90)52(3)4)70(92)86(78)68(74)82-64-46-30-28-44-62(64)74/h9-46,51-52,67-68,81-82H,47-50H2,1-8H3/t67-,68-,73+,74+,75-,76-,77+,78+/m1/s1. The number of esters is 4. The Bertz CT molecular complexity index is 4130. The Morgan fingerprint density at radius 2 is 0.686 bits per heavy atom. The number of rotatable bonds is 21. The number of benzene rings is 8. The first kappa shape index (κ1) is 69.6. The molecule has 0 aromatic heterocycles. The molecule has 4 amide bonds. The smallest absolute Gasteiger partial charge is 0.311 e. The molecule has 0 bridgehead atoms. The Hall–Kier alpha value is -9.48. The maximum absolute atomic E-state index is 17.6. The number of hydrogen-bond donors (Lipinski definition) is 2. The van der Waals surface area contributed by atoms with E-state index in [1.165, 1.54) is 67.1 Å². The zero-order valence-corrected chi connectivity index (χ0v) is 60.7. The van der Waals surface area contributed by atoms with E-state index < -0.39 is 126 Å². The maximum Gasteiger partial charge on any atom is 0.311 e. The number of hydrogen-bond acceptors (Lipinski definition) is 18. The third-order valence-corrected chi connectivity index (χ3v) is 28.4. The highest BCUT2D eigenvalue weighted by Crippen LogP contribution is 2.77. The van der Waals surface area contributed by atoms with E-state index in [-0.39, 0.29) is 12.8 Å². The average Bonchev–Trinajstić information content (AvgIpc) is 1.46. The van der Waals surface area contributed by atoms with Crippen LogP contribution in [0, 0.1) is 11.8 Å². The molecule has 522 valence electrons. The zero-order chi connectivity index (χ0) is 71.8. The van der Waals surface area contributed by atoms with Crippen molar-refractivity contribution in [2.24, 2.45) is 11.8 Å². The van der Waals surface area contributed by atoms with Gasteiger partial charge in [0.25, 0.3) is 23.6 Å². The van der Waals surface area contributed by atoms with Crippen molar-refractivity contribution in [2.45, 2.75) is 108 Å². The average molecular weight is 1440 g/mol. The molecule has 0 spiro atoms. The number of nitrogens with zero attached hydrogens (tertiary/aromatic N) is 4. The minimum absolute atomic E-state index is 0.271. The van der Waals surface area contributed by atoms with Crippen LogP contribution in [0.1, 0.15) is 98.9 Å². The van der Waals surface area contributed by atoms with Gasteiger partial charge in [-0.25, -0.2) is 0 Å². The fourth-order valence-electron chi connectivity index (χ4n) is 16.2. The lowest BCUT2D eigenvalue weighted by Crippen LogP contribution is -2.77. The Labute approximate surface area is 608 Å². The summed E-state index contributed by atoms with van der Waals surface area (Å²) in [7, 11) is 7.88. The lowest BCUT2D eigenvalue weighted by molar-refractivity contribution is -0.223. The van der Waals surface area contributed by atoms with Crippen LogP contribution in [0.4, 0.5) is 11.4 Å². The Morgan fingerprint density at radius 3 is 0.951 bits per heavy atom. The minimum atomic E-state index is -2.63. The van der Waals surface area contributed by atoms with Crippen LogP contribution >= 0.6 is 43.2 Å². The number of amides is 4. The number of carbonyl (C=O) groups is 8. The molecule has 0 unspecified atom stereocenters. The first-order chi connectivity index (χ1) is 49.1. The van der Waals surface area contributed by atoms with Gasteiger partial charge in [-0.15, -0.1) is 0 Å². The van der Waals surface area contributed by atoms with Gasteiger partial charge in [-0.1, -0.05) is 289 Å². The van der Waals surface area contributed by atoms with E-state index in [9.17, 15) is 19.2 Å². The summed E-state index contributed by atoms with van der Waals surface area (Å²) in [5, 5.41) is 7.69. The third-order valence-electron chi connectivity index (χ3n) is 21.0. The summed E-state index contributed by atoms with van der Waals surface area (Å²) in [4.78, 5) is 127. The van der Waals surface area contributed by atoms with Crippen LogP contribution in [0.2, 0.25) is 0 Å². The lowest BCUT2D eigenvalue weighted by Gasteiger charge is -2.53. The second kappa shape index (κ2) is 26.4. The molecule has 4 saturated heterocycles. The number of para-hydroxylation sites is 2. The maximum atomic E-state index is 17.6. The molecule has 6 aliphatic heterocycles. The number of piperazine rings is 2. The number of likely N-dealkylation sites (N-methyl/N-ethyl adjacent to an activating group) is 2. The first-order valence-corrected chi connectivity index (χ1v) is 38.1. The molecule has 22 heteroatoms. The predicted molar refractivity (Wildman–Crippen MR) is 394 cm³/mol. The van der Waals surface area contributed by atoms with Gasteiger partial charge in [-0.3, -0.25) is 58.0 Å². The monoisotopic (exact) mass is 1440 g/mol. The van der Waals surface area contributed by atoms with Crippen molar-refractivity contribution >= 4 is 102 Å². The zero-order valence-electron chi connectivity index (χ0n) is 57.4. The Balaban J connectivity index is 1.08. The molecule has 4 fully saturated rings. The van der Waals surface area contributed by atoms with E-state index in [1.807, 2.05) is 231 Å². The summed E-state index contributed by atoms with van der Waals surface area (Å²) in [5.74, 6) is -8.27. The molecule has 2 N–H and O–H groups in total. The van der Waals surface area contributed by atoms with E-state index in [0.29, 0.717) is 22.5 Å². The number of fused-ring (bicyclic) bond motifs is 11. The quantitative estimate of drug-likeness (QED) is 0.0296. The molecular weight excluding hydrogens is 1370 g/mol. The van der Waals surface area contributed by atoms with E-state index in [0.717, 1.165) is 57.0 Å². The Kier molecular flexibility index (Phi) is 18.0. The highest BCUT2D eigenvalue weighted by molar-refractivity contribution is 8.78. The molecule has 14 rings (SSSR count). The highest BCUT2D eigenvalue weighted by atomic mass is 33.1. The van der Waals surface area contributed by atoms with E-state index in [1.54, 1.807) is 27.7 Å². The van der Waals surface area contributed by atoms with Crippen molar-refractivity contribution in [3.05, 3.63) is 275 Å². The van der Waals surface area contributed by atoms with Crippen LogP contribution in [0.25, 0.3) is 0 Å². The van der Waals surface area contributed by atoms with Gasteiger partial charge in [-0.2, -0.15) is 0 Å². The van der Waals surface area contributed by atoms with Gasteiger partial charge in [0.05, 0.1) is 22.7 Å². The second-order valence-electron chi connectivity index (χ2n) is 27.3. The summed E-state index contributed by atoms with van der Waals surface area (Å²) < 4.78 is 22.3. The third kappa shape index (κ3) is 10.3. The van der Waals surface area contributed by atoms with Crippen molar-refractivity contribution in [2.75, 3.05) is 37.9 Å². The van der Waals surface area contributed by atoms with Crippen molar-refractivity contribution in [1.82, 2.24) is 19.6 Å². The largest absolute Gasteiger partial charge is 0.459 e. The van der Waals surface area contributed by atoms with Gasteiger partial charge < -0.3 is 29.6 Å². The van der Waals surface area contributed by atoms with Gasteiger partial charge in [0.2, 0.25) is 0 Å². The van der Waals surface area contributed by atoms with Crippen molar-refractivity contribution in [1.29, 1.82) is 0 Å². The molecule has 18 nitrogen and oxygen atoms in total. The van der Waals surface area contributed by atoms with Gasteiger partial charge in [0.1, 0.15) is 21.8 Å². The van der Waals surface area contributed by atoms with Gasteiger partial charge in [-0.05, 0) is 56.6 Å². The Morgan fingerprint density at radius 1 is 0.422 bits per heavy atom. The van der Waals surface area contributed by atoms with Crippen LogP contribution in [0.15, 0.2) is 231 Å². The molecule has 102 heavy (non-hydrogen) atoms. The first-order valence-electron chi connectivity index (χ1n) is 33.8. The molecule has 0 saturated carbocycles. The normalized spacial score (nSPS) is 25.4. The summed E-state index contributed by atoms with van der Waals surface area (Å²) in [6.07, 6.45) is -3.30. The molecule has 0 aliphatic carbocycles. The topological polar surface area (TPSA) is 210 Å². The summed E-state index contributed by atoms with van der Waals surface area (Å²) >= 11 is 0. The summed E-state index contributed by atoms with van der Waals surface area (Å²) in [6, 6.07) is 74.5. The number of carbonyl (C=O) groups excluding carboxylic acids is 8. The number of anilines is 2. The van der Waals surface area contributed by atoms with Crippen LogP contribution in [-0.4, -0.2) is 128 Å². The van der Waals surface area contributed by atoms with Gasteiger partial charge >= 0.3 is 35.3 Å². The fourth-order valence-corrected chi connectivity index (χ4v) is 24.2. The molecule has 8 atom stereocenters. The predicted octanol–water partition coefficient (Wildman–Crippen LogP) is 12.8. The van der Waals surface area contributed by atoms with Gasteiger partial charge in [0, 0.05) is 52.2 Å². The van der Waals surface area contributed by atoms with Crippen LogP contribution in [0.5, 0.6) is 0 Å². The van der Waals surface area contributed by atoms with E-state index in [2.05, 4.69) is 10.6 Å². The number of nitrogens with one attached hydrogen (secondary N) is 2. The molecule has 6 aliphatic rings. The number of ether oxygens (including phenoxy) is 4. The summed E-state index contributed by atoms with van der Waals surface area (Å²) in [5.41, 5.74) is -1.36. The fraction of sp³-hybridized carbons (Fsp3) is 0.300. The molecule has 8 aromatic rings. The minimum Gasteiger partial charge on any atom is -0.459 e. The van der Waals surface area contributed by atoms with Crippen LogP contribution in [-0.2, 0) is 77.6 Å². The molecular formula is C80H76N6O12S4. The van der Waals surface area contributed by atoms with Crippen molar-refractivity contribution in [3.63, 3.8) is 0 Å². The highest BCUT2D eigenvalue weighted by Gasteiger charge is 2.87. The van der Waals surface area contributed by atoms with Gasteiger partial charge in [0.15, 0.2) is 23.0 Å². The van der Waals surface area contributed by atoms with Crippen LogP contribution in [0.3, 0.4) is 0 Å². The van der Waals surface area contributed by atoms with Crippen LogP contribution < -0.4 is 10.6 Å². The molecule has 6 heterocycles. The summed E-state index contributed by atoms with van der Waals surface area (Å²) in [6.45, 7) is 6.91. The van der Waals surface area contributed by atoms with Crippen molar-refractivity contribution < 1.29 is 57.3 Å². The van der Waals surface area contributed by atoms with E-state index >= 15 is 19.2 Å². The molecule has 0 radical (unpaired) electrons. The second-order valence-corrected chi connectivity index (χ2v) is 32.5. The SMILES string of the molecule is CC(=O)OC[C@@]1(OC(=O)C(C)C)C(=O)N2[C@H]3Nc4ccccc4[C@@]3([C@]34C[C@]5(SSC(c6ccccc6)(c6ccccc6)c6ccccc6)C(=O)N(C)[C@](COC(C)=O)(OC(=O)C(C)C)C(=O)N5[C@H]3Nc3ccccc34)C[C@]2(SSC(c2ccccc2)(c2ccccc2)c2ccccc2)C(=O)N1C. The molecule has 8 aromatic carbocycles. The van der Waals surface area contributed by atoms with Crippen molar-refractivity contribution in [3.8, 4) is 0 Å². The lowest BCUT2D eigenvalue weighted by atomic mass is 9.54.